The van der Waals surface area contributed by atoms with Crippen LogP contribution < -0.4 is 11.1 Å². The van der Waals surface area contributed by atoms with Crippen molar-refractivity contribution in [2.24, 2.45) is 0 Å². The number of alkyl halides is 3. The Morgan fingerprint density at radius 2 is 1.74 bits per heavy atom. The molecule has 0 saturated heterocycles. The number of nitro groups is 1. The molecule has 0 unspecified atom stereocenters. The fourth-order valence-electron chi connectivity index (χ4n) is 3.88. The molecule has 11 nitrogen and oxygen atoms in total. The Kier molecular flexibility index (Phi) is 6.35. The number of non-ortho nitro benzene ring substituents is 1. The van der Waals surface area contributed by atoms with Crippen LogP contribution in [0.15, 0.2) is 73.2 Å². The molecular weight excluding hydrogens is 517 g/mol. The summed E-state index contributed by atoms with van der Waals surface area (Å²) in [5, 5.41) is 18.4. The van der Waals surface area contributed by atoms with Gasteiger partial charge in [0, 0.05) is 29.5 Å². The number of nitrogens with two attached hydrogens (primary N) is 1. The van der Waals surface area contributed by atoms with E-state index >= 15 is 0 Å². The van der Waals surface area contributed by atoms with E-state index in [1.807, 2.05) is 0 Å². The van der Waals surface area contributed by atoms with Crippen molar-refractivity contribution in [2.45, 2.75) is 12.7 Å². The van der Waals surface area contributed by atoms with Crippen LogP contribution in [0.25, 0.3) is 22.3 Å². The molecule has 39 heavy (non-hydrogen) atoms. The third-order valence-electron chi connectivity index (χ3n) is 5.79. The van der Waals surface area contributed by atoms with E-state index in [2.05, 4.69) is 25.4 Å². The number of carbonyl (C=O) groups is 1. The first-order chi connectivity index (χ1) is 18.6. The topological polar surface area (TPSA) is 155 Å². The minimum atomic E-state index is -4.57. The molecule has 0 atom stereocenters. The van der Waals surface area contributed by atoms with E-state index in [4.69, 9.17) is 5.73 Å². The number of aromatic nitrogens is 5. The summed E-state index contributed by atoms with van der Waals surface area (Å²) in [5.41, 5.74) is 7.54. The minimum Gasteiger partial charge on any atom is -0.383 e. The third kappa shape index (κ3) is 5.20. The molecule has 0 fully saturated rings. The van der Waals surface area contributed by atoms with Crippen LogP contribution in [0.1, 0.15) is 21.5 Å². The largest absolute Gasteiger partial charge is 0.416 e. The van der Waals surface area contributed by atoms with Crippen molar-refractivity contribution in [3.63, 3.8) is 0 Å². The summed E-state index contributed by atoms with van der Waals surface area (Å²) in [4.78, 5) is 35.2. The Morgan fingerprint density at radius 1 is 1.03 bits per heavy atom. The second-order valence-corrected chi connectivity index (χ2v) is 8.35. The fourth-order valence-corrected chi connectivity index (χ4v) is 3.88. The Hall–Kier alpha value is -5.40. The molecule has 0 saturated carbocycles. The quantitative estimate of drug-likeness (QED) is 0.235. The number of nitrogens with one attached hydrogen (secondary N) is 1. The number of anilines is 2. The number of nitrogens with zero attached hydrogens (tertiary/aromatic N) is 6. The van der Waals surface area contributed by atoms with Gasteiger partial charge < -0.3 is 11.1 Å². The lowest BCUT2D eigenvalue weighted by atomic mass is 10.1. The van der Waals surface area contributed by atoms with Crippen molar-refractivity contribution in [1.29, 1.82) is 0 Å². The Bertz CT molecular complexity index is 1700. The first-order valence-corrected chi connectivity index (χ1v) is 11.3. The van der Waals surface area contributed by atoms with Gasteiger partial charge in [-0.3, -0.25) is 14.9 Å². The van der Waals surface area contributed by atoms with E-state index in [9.17, 15) is 28.1 Å². The average molecular weight is 534 g/mol. The number of hydrogen-bond donors (Lipinski definition) is 2. The molecule has 3 heterocycles. The molecule has 2 aromatic carbocycles. The molecule has 3 N–H and O–H groups in total. The van der Waals surface area contributed by atoms with Gasteiger partial charge in [-0.2, -0.15) is 18.3 Å². The first kappa shape index (κ1) is 25.3. The fraction of sp³-hybridized carbons (Fsp3) is 0.0800. The van der Waals surface area contributed by atoms with Crippen LogP contribution in [-0.2, 0) is 12.7 Å². The second kappa shape index (κ2) is 9.81. The molecule has 5 aromatic rings. The first-order valence-electron chi connectivity index (χ1n) is 11.3. The van der Waals surface area contributed by atoms with Gasteiger partial charge in [0.25, 0.3) is 11.6 Å². The second-order valence-electron chi connectivity index (χ2n) is 8.35. The van der Waals surface area contributed by atoms with Crippen LogP contribution in [0, 0.1) is 10.1 Å². The third-order valence-corrected chi connectivity index (χ3v) is 5.79. The van der Waals surface area contributed by atoms with Gasteiger partial charge in [0.2, 0.25) is 0 Å². The summed E-state index contributed by atoms with van der Waals surface area (Å²) in [6, 6.07) is 13.8. The van der Waals surface area contributed by atoms with Gasteiger partial charge in [0.1, 0.15) is 23.7 Å². The van der Waals surface area contributed by atoms with Crippen LogP contribution in [-0.4, -0.2) is 35.6 Å². The highest BCUT2D eigenvalue weighted by Crippen LogP contribution is 2.32. The van der Waals surface area contributed by atoms with Crippen molar-refractivity contribution < 1.29 is 22.9 Å². The maximum atomic E-state index is 13.0. The molecule has 196 valence electrons. The van der Waals surface area contributed by atoms with E-state index in [0.29, 0.717) is 22.3 Å². The molecule has 1 amide bonds. The van der Waals surface area contributed by atoms with Gasteiger partial charge in [0.15, 0.2) is 5.65 Å². The summed E-state index contributed by atoms with van der Waals surface area (Å²) in [6.45, 7) is 0.245. The number of rotatable bonds is 6. The number of nitro benzene ring substituents is 1. The summed E-state index contributed by atoms with van der Waals surface area (Å²) >= 11 is 0. The highest BCUT2D eigenvalue weighted by Gasteiger charge is 2.31. The van der Waals surface area contributed by atoms with Gasteiger partial charge in [-0.25, -0.2) is 19.6 Å². The standard InChI is InChI=1S/C25H17F3N8O3/c26-25(27,28)17-9-10-30-19(11-17)33-24(37)16-5-3-15(4-6-16)21-20-22(29)31-13-32-23(20)35(34-21)12-14-1-7-18(8-2-14)36(38)39/h1-11,13H,12H2,(H2,29,31,32)(H,30,33,37). The van der Waals surface area contributed by atoms with E-state index in [1.165, 1.54) is 30.6 Å². The SMILES string of the molecule is Nc1ncnc2c1c(-c1ccc(C(=O)Nc3cc(C(F)(F)F)ccn3)cc1)nn2Cc1ccc([N+](=O)[O-])cc1. The number of pyridine rings is 1. The molecule has 0 aliphatic rings. The van der Waals surface area contributed by atoms with Crippen molar-refractivity contribution in [3.05, 3.63) is 100.0 Å². The number of benzene rings is 2. The zero-order chi connectivity index (χ0) is 27.7. The molecule has 3 aromatic heterocycles. The molecule has 0 radical (unpaired) electrons. The maximum absolute atomic E-state index is 13.0. The predicted molar refractivity (Wildman–Crippen MR) is 135 cm³/mol. The maximum Gasteiger partial charge on any atom is 0.416 e. The molecule has 0 spiro atoms. The normalized spacial score (nSPS) is 11.5. The highest BCUT2D eigenvalue weighted by molar-refractivity contribution is 6.04. The molecule has 14 heteroatoms. The zero-order valence-corrected chi connectivity index (χ0v) is 19.8. The van der Waals surface area contributed by atoms with Crippen LogP contribution in [0.2, 0.25) is 0 Å². The number of amides is 1. The lowest BCUT2D eigenvalue weighted by Gasteiger charge is -2.09. The molecule has 5 rings (SSSR count). The average Bonchev–Trinajstić information content (AvgIpc) is 3.28. The Labute approximate surface area is 217 Å². The van der Waals surface area contributed by atoms with Crippen LogP contribution in [0.5, 0.6) is 0 Å². The molecule has 0 aliphatic carbocycles. The number of nitrogen functional groups attached to an aromatic ring is 1. The van der Waals surface area contributed by atoms with Crippen LogP contribution >= 0.6 is 0 Å². The van der Waals surface area contributed by atoms with Gasteiger partial charge in [-0.1, -0.05) is 24.3 Å². The van der Waals surface area contributed by atoms with E-state index in [0.717, 1.165) is 23.9 Å². The van der Waals surface area contributed by atoms with Crippen LogP contribution in [0.3, 0.4) is 0 Å². The minimum absolute atomic E-state index is 0.0377. The van der Waals surface area contributed by atoms with Crippen molar-refractivity contribution in [1.82, 2.24) is 24.7 Å². The van der Waals surface area contributed by atoms with Gasteiger partial charge in [-0.05, 0) is 29.8 Å². The number of hydrogen-bond acceptors (Lipinski definition) is 8. The van der Waals surface area contributed by atoms with Crippen LogP contribution in [0.4, 0.5) is 30.5 Å². The van der Waals surface area contributed by atoms with E-state index in [-0.39, 0.29) is 29.4 Å². The molecule has 0 aliphatic heterocycles. The van der Waals surface area contributed by atoms with Crippen molar-refractivity contribution in [3.8, 4) is 11.3 Å². The lowest BCUT2D eigenvalue weighted by molar-refractivity contribution is -0.384. The summed E-state index contributed by atoms with van der Waals surface area (Å²) in [7, 11) is 0. The number of halogens is 3. The Morgan fingerprint density at radius 3 is 2.41 bits per heavy atom. The highest BCUT2D eigenvalue weighted by atomic mass is 19.4. The smallest absolute Gasteiger partial charge is 0.383 e. The molecule has 0 bridgehead atoms. The van der Waals surface area contributed by atoms with Crippen molar-refractivity contribution in [2.75, 3.05) is 11.1 Å². The number of carbonyl (C=O) groups excluding carboxylic acids is 1. The monoisotopic (exact) mass is 534 g/mol. The Balaban J connectivity index is 1.42. The van der Waals surface area contributed by atoms with Crippen molar-refractivity contribution >= 4 is 34.3 Å². The summed E-state index contributed by atoms with van der Waals surface area (Å²) < 4.78 is 40.4. The predicted octanol–water partition coefficient (Wildman–Crippen LogP) is 4.70. The van der Waals surface area contributed by atoms with Gasteiger partial charge in [0.05, 0.1) is 22.4 Å². The van der Waals surface area contributed by atoms with E-state index < -0.39 is 22.6 Å². The van der Waals surface area contributed by atoms with E-state index in [1.54, 1.807) is 28.9 Å². The lowest BCUT2D eigenvalue weighted by Crippen LogP contribution is -2.14. The summed E-state index contributed by atoms with van der Waals surface area (Å²) in [6.07, 6.45) is -2.31. The van der Waals surface area contributed by atoms with Gasteiger partial charge >= 0.3 is 6.18 Å². The molecular formula is C25H17F3N8O3. The summed E-state index contributed by atoms with van der Waals surface area (Å²) in [5.74, 6) is -0.702. The number of fused-ring (bicyclic) bond motifs is 1. The van der Waals surface area contributed by atoms with Gasteiger partial charge in [-0.15, -0.1) is 0 Å². The zero-order valence-electron chi connectivity index (χ0n) is 19.8.